The Labute approximate surface area is 80.5 Å². The van der Waals surface area contributed by atoms with Gasteiger partial charge in [0, 0.05) is 6.92 Å². The van der Waals surface area contributed by atoms with Crippen LogP contribution in [-0.4, -0.2) is 17.0 Å². The summed E-state index contributed by atoms with van der Waals surface area (Å²) in [6, 6.07) is 4.42. The minimum atomic E-state index is -1.12. The van der Waals surface area contributed by atoms with Crippen molar-refractivity contribution in [1.82, 2.24) is 0 Å². The van der Waals surface area contributed by atoms with Crippen molar-refractivity contribution in [3.63, 3.8) is 0 Å². The van der Waals surface area contributed by atoms with Gasteiger partial charge in [-0.25, -0.2) is 4.79 Å². The molecule has 0 aliphatic heterocycles. The van der Waals surface area contributed by atoms with Gasteiger partial charge < -0.3 is 16.2 Å². The van der Waals surface area contributed by atoms with Gasteiger partial charge in [0.15, 0.2) is 0 Å². The lowest BCUT2D eigenvalue weighted by molar-refractivity contribution is -0.114. The van der Waals surface area contributed by atoms with E-state index < -0.39 is 5.97 Å². The summed E-state index contributed by atoms with van der Waals surface area (Å²) < 4.78 is 0. The van der Waals surface area contributed by atoms with Gasteiger partial charge in [-0.15, -0.1) is 0 Å². The fourth-order valence-corrected chi connectivity index (χ4v) is 1.06. The Kier molecular flexibility index (Phi) is 2.71. The first-order valence-electron chi connectivity index (χ1n) is 3.91. The zero-order chi connectivity index (χ0) is 10.7. The molecule has 0 aliphatic carbocycles. The number of benzene rings is 1. The highest BCUT2D eigenvalue weighted by molar-refractivity contribution is 6.03. The maximum absolute atomic E-state index is 10.8. The molecule has 14 heavy (non-hydrogen) atoms. The molecule has 0 radical (unpaired) electrons. The fraction of sp³-hybridized carbons (Fsp3) is 0.111. The van der Waals surface area contributed by atoms with Crippen LogP contribution in [0.1, 0.15) is 17.3 Å². The second-order valence-corrected chi connectivity index (χ2v) is 2.76. The predicted octanol–water partition coefficient (Wildman–Crippen LogP) is 0.925. The Morgan fingerprint density at radius 3 is 2.57 bits per heavy atom. The quantitative estimate of drug-likeness (QED) is 0.610. The lowest BCUT2D eigenvalue weighted by atomic mass is 10.1. The molecule has 74 valence electrons. The van der Waals surface area contributed by atoms with Gasteiger partial charge in [-0.2, -0.15) is 0 Å². The molecule has 1 aromatic carbocycles. The number of anilines is 2. The number of para-hydroxylation sites is 1. The van der Waals surface area contributed by atoms with Crippen molar-refractivity contribution in [3.8, 4) is 0 Å². The number of carbonyl (C=O) groups is 2. The van der Waals surface area contributed by atoms with Crippen LogP contribution in [0, 0.1) is 0 Å². The molecule has 0 aliphatic rings. The number of rotatable bonds is 2. The molecule has 5 heteroatoms. The molecule has 0 saturated heterocycles. The summed E-state index contributed by atoms with van der Waals surface area (Å²) in [5.41, 5.74) is 5.90. The van der Waals surface area contributed by atoms with Crippen LogP contribution in [0.5, 0.6) is 0 Å². The number of amides is 1. The number of hydrogen-bond donors (Lipinski definition) is 3. The highest BCUT2D eigenvalue weighted by Gasteiger charge is 2.12. The Bertz CT molecular complexity index is 388. The summed E-state index contributed by atoms with van der Waals surface area (Å²) in [5.74, 6) is -1.48. The molecule has 0 heterocycles. The molecule has 0 spiro atoms. The van der Waals surface area contributed by atoms with Crippen molar-refractivity contribution >= 4 is 23.3 Å². The van der Waals surface area contributed by atoms with Gasteiger partial charge >= 0.3 is 5.97 Å². The monoisotopic (exact) mass is 194 g/mol. The van der Waals surface area contributed by atoms with E-state index in [9.17, 15) is 9.59 Å². The van der Waals surface area contributed by atoms with E-state index in [1.165, 1.54) is 25.1 Å². The zero-order valence-electron chi connectivity index (χ0n) is 7.57. The van der Waals surface area contributed by atoms with E-state index >= 15 is 0 Å². The third-order valence-corrected chi connectivity index (χ3v) is 1.63. The largest absolute Gasteiger partial charge is 0.478 e. The average Bonchev–Trinajstić information content (AvgIpc) is 2.07. The molecule has 0 saturated carbocycles. The summed E-state index contributed by atoms with van der Waals surface area (Å²) in [6.45, 7) is 1.29. The number of carbonyl (C=O) groups excluding carboxylic acids is 1. The third kappa shape index (κ3) is 2.01. The van der Waals surface area contributed by atoms with E-state index in [4.69, 9.17) is 10.8 Å². The molecule has 1 aromatic rings. The smallest absolute Gasteiger partial charge is 0.337 e. The van der Waals surface area contributed by atoms with Gasteiger partial charge in [0.1, 0.15) is 0 Å². The summed E-state index contributed by atoms with van der Waals surface area (Å²) >= 11 is 0. The van der Waals surface area contributed by atoms with Crippen molar-refractivity contribution in [2.45, 2.75) is 6.92 Å². The molecule has 0 aromatic heterocycles. The third-order valence-electron chi connectivity index (χ3n) is 1.63. The highest BCUT2D eigenvalue weighted by atomic mass is 16.4. The van der Waals surface area contributed by atoms with E-state index in [2.05, 4.69) is 5.32 Å². The summed E-state index contributed by atoms with van der Waals surface area (Å²) in [4.78, 5) is 21.5. The minimum Gasteiger partial charge on any atom is -0.478 e. The molecule has 0 bridgehead atoms. The summed E-state index contributed by atoms with van der Waals surface area (Å²) in [7, 11) is 0. The molecule has 0 unspecified atom stereocenters. The SMILES string of the molecule is CC(=O)Nc1c(N)cccc1C(=O)O. The van der Waals surface area contributed by atoms with E-state index in [-0.39, 0.29) is 22.8 Å². The van der Waals surface area contributed by atoms with Crippen molar-refractivity contribution in [2.24, 2.45) is 0 Å². The molecule has 5 nitrogen and oxygen atoms in total. The van der Waals surface area contributed by atoms with Crippen LogP contribution < -0.4 is 11.1 Å². The van der Waals surface area contributed by atoms with Crippen molar-refractivity contribution in [3.05, 3.63) is 23.8 Å². The normalized spacial score (nSPS) is 9.50. The van der Waals surface area contributed by atoms with Crippen LogP contribution in [0.2, 0.25) is 0 Å². The van der Waals surface area contributed by atoms with Gasteiger partial charge in [0.05, 0.1) is 16.9 Å². The average molecular weight is 194 g/mol. The number of nitrogens with one attached hydrogen (secondary N) is 1. The van der Waals surface area contributed by atoms with E-state index in [0.717, 1.165) is 0 Å². The van der Waals surface area contributed by atoms with E-state index in [1.807, 2.05) is 0 Å². The van der Waals surface area contributed by atoms with Crippen LogP contribution in [0.25, 0.3) is 0 Å². The van der Waals surface area contributed by atoms with E-state index in [0.29, 0.717) is 0 Å². The molecular formula is C9H10N2O3. The predicted molar refractivity (Wildman–Crippen MR) is 52.1 cm³/mol. The number of carboxylic acids is 1. The number of aromatic carboxylic acids is 1. The van der Waals surface area contributed by atoms with Crippen LogP contribution in [-0.2, 0) is 4.79 Å². The lowest BCUT2D eigenvalue weighted by Gasteiger charge is -2.08. The van der Waals surface area contributed by atoms with Gasteiger partial charge in [-0.1, -0.05) is 6.07 Å². The zero-order valence-corrected chi connectivity index (χ0v) is 7.57. The maximum Gasteiger partial charge on any atom is 0.337 e. The number of hydrogen-bond acceptors (Lipinski definition) is 3. The number of carboxylic acid groups (broad SMARTS) is 1. The lowest BCUT2D eigenvalue weighted by Crippen LogP contribution is -2.12. The van der Waals surface area contributed by atoms with Crippen LogP contribution in [0.15, 0.2) is 18.2 Å². The highest BCUT2D eigenvalue weighted by Crippen LogP contribution is 2.23. The van der Waals surface area contributed by atoms with Crippen LogP contribution in [0.3, 0.4) is 0 Å². The summed E-state index contributed by atoms with van der Waals surface area (Å²) in [5, 5.41) is 11.2. The first-order valence-corrected chi connectivity index (χ1v) is 3.91. The van der Waals surface area contributed by atoms with Crippen LogP contribution >= 0.6 is 0 Å². The van der Waals surface area contributed by atoms with Gasteiger partial charge in [-0.3, -0.25) is 4.79 Å². The molecular weight excluding hydrogens is 184 g/mol. The van der Waals surface area contributed by atoms with Crippen molar-refractivity contribution in [2.75, 3.05) is 11.1 Å². The molecule has 1 amide bonds. The van der Waals surface area contributed by atoms with Crippen LogP contribution in [0.4, 0.5) is 11.4 Å². The Morgan fingerprint density at radius 1 is 1.43 bits per heavy atom. The molecule has 1 rings (SSSR count). The standard InChI is InChI=1S/C9H10N2O3/c1-5(12)11-8-6(9(13)14)3-2-4-7(8)10/h2-4H,10H2,1H3,(H,11,12)(H,13,14). The van der Waals surface area contributed by atoms with Gasteiger partial charge in [0.25, 0.3) is 0 Å². The first-order chi connectivity index (χ1) is 6.52. The first kappa shape index (κ1) is 10.0. The Morgan fingerprint density at radius 2 is 2.07 bits per heavy atom. The topological polar surface area (TPSA) is 92.4 Å². The van der Waals surface area contributed by atoms with Crippen molar-refractivity contribution < 1.29 is 14.7 Å². The Hall–Kier alpha value is -2.04. The Balaban J connectivity index is 3.22. The summed E-state index contributed by atoms with van der Waals surface area (Å²) in [6.07, 6.45) is 0. The second kappa shape index (κ2) is 3.78. The van der Waals surface area contributed by atoms with Crippen molar-refractivity contribution in [1.29, 1.82) is 0 Å². The van der Waals surface area contributed by atoms with E-state index in [1.54, 1.807) is 0 Å². The van der Waals surface area contributed by atoms with Gasteiger partial charge in [-0.05, 0) is 12.1 Å². The molecule has 4 N–H and O–H groups in total. The number of nitrogen functional groups attached to an aromatic ring is 1. The van der Waals surface area contributed by atoms with Gasteiger partial charge in [0.2, 0.25) is 5.91 Å². The molecule has 0 atom stereocenters. The molecule has 0 fully saturated rings. The fourth-order valence-electron chi connectivity index (χ4n) is 1.06. The minimum absolute atomic E-state index is 0.0137. The number of nitrogens with two attached hydrogens (primary N) is 1. The maximum atomic E-state index is 10.8. The second-order valence-electron chi connectivity index (χ2n) is 2.76.